The first-order valence-corrected chi connectivity index (χ1v) is 5.02. The predicted octanol–water partition coefficient (Wildman–Crippen LogP) is 0.891. The quantitative estimate of drug-likeness (QED) is 0.805. The van der Waals surface area contributed by atoms with Crippen LogP contribution in [0.2, 0.25) is 0 Å². The molecule has 0 aliphatic heterocycles. The molecule has 2 aromatic heterocycles. The first-order chi connectivity index (χ1) is 7.16. The summed E-state index contributed by atoms with van der Waals surface area (Å²) in [5, 5.41) is 12.1. The molecule has 0 amide bonds. The molecule has 0 aliphatic carbocycles. The SMILES string of the molecule is Cc1nc2c(NCC(=O)O)ncnc2s1. The van der Waals surface area contributed by atoms with Gasteiger partial charge in [-0.1, -0.05) is 11.3 Å². The topological polar surface area (TPSA) is 88.0 Å². The van der Waals surface area contributed by atoms with Gasteiger partial charge in [0.2, 0.25) is 0 Å². The lowest BCUT2D eigenvalue weighted by molar-refractivity contribution is -0.134. The second kappa shape index (κ2) is 3.77. The smallest absolute Gasteiger partial charge is 0.322 e. The van der Waals surface area contributed by atoms with Gasteiger partial charge in [-0.05, 0) is 6.92 Å². The van der Waals surface area contributed by atoms with Gasteiger partial charge in [-0.25, -0.2) is 15.0 Å². The van der Waals surface area contributed by atoms with E-state index in [2.05, 4.69) is 20.3 Å². The molecule has 2 heterocycles. The Labute approximate surface area is 89.0 Å². The van der Waals surface area contributed by atoms with Crippen LogP contribution in [0.4, 0.5) is 5.82 Å². The Morgan fingerprint density at radius 1 is 1.60 bits per heavy atom. The number of fused-ring (bicyclic) bond motifs is 1. The van der Waals surface area contributed by atoms with Crippen LogP contribution in [-0.2, 0) is 4.79 Å². The molecule has 6 nitrogen and oxygen atoms in total. The molecule has 0 bridgehead atoms. The van der Waals surface area contributed by atoms with Gasteiger partial charge in [-0.15, -0.1) is 0 Å². The van der Waals surface area contributed by atoms with Gasteiger partial charge < -0.3 is 10.4 Å². The van der Waals surface area contributed by atoms with Crippen LogP contribution in [-0.4, -0.2) is 32.6 Å². The summed E-state index contributed by atoms with van der Waals surface area (Å²) < 4.78 is 0. The Balaban J connectivity index is 2.37. The number of nitrogens with one attached hydrogen (secondary N) is 1. The number of aliphatic carboxylic acids is 1. The highest BCUT2D eigenvalue weighted by Gasteiger charge is 2.08. The Morgan fingerprint density at radius 3 is 3.13 bits per heavy atom. The maximum Gasteiger partial charge on any atom is 0.322 e. The van der Waals surface area contributed by atoms with E-state index in [9.17, 15) is 4.79 Å². The highest BCUT2D eigenvalue weighted by molar-refractivity contribution is 7.18. The molecule has 2 aromatic rings. The highest BCUT2D eigenvalue weighted by atomic mass is 32.1. The molecule has 0 radical (unpaired) electrons. The largest absolute Gasteiger partial charge is 0.480 e. The molecule has 78 valence electrons. The van der Waals surface area contributed by atoms with Crippen molar-refractivity contribution in [3.05, 3.63) is 11.3 Å². The van der Waals surface area contributed by atoms with Crippen LogP contribution < -0.4 is 5.32 Å². The molecule has 0 saturated heterocycles. The fourth-order valence-corrected chi connectivity index (χ4v) is 1.90. The number of hydrogen-bond acceptors (Lipinski definition) is 6. The summed E-state index contributed by atoms with van der Waals surface area (Å²) in [7, 11) is 0. The van der Waals surface area contributed by atoms with E-state index >= 15 is 0 Å². The second-order valence-corrected chi connectivity index (χ2v) is 4.04. The molecule has 0 atom stereocenters. The van der Waals surface area contributed by atoms with Crippen molar-refractivity contribution in [3.63, 3.8) is 0 Å². The average Bonchev–Trinajstić information content (AvgIpc) is 2.55. The number of hydrogen-bond donors (Lipinski definition) is 2. The molecule has 0 aliphatic rings. The fourth-order valence-electron chi connectivity index (χ4n) is 1.15. The summed E-state index contributed by atoms with van der Waals surface area (Å²) in [6.07, 6.45) is 1.39. The lowest BCUT2D eigenvalue weighted by atomic mass is 10.5. The minimum atomic E-state index is -0.936. The third kappa shape index (κ3) is 2.01. The molecular weight excluding hydrogens is 216 g/mol. The van der Waals surface area contributed by atoms with Gasteiger partial charge in [0, 0.05) is 0 Å². The first kappa shape index (κ1) is 9.78. The van der Waals surface area contributed by atoms with Gasteiger partial charge in [0.1, 0.15) is 23.2 Å². The van der Waals surface area contributed by atoms with E-state index in [1.54, 1.807) is 0 Å². The van der Waals surface area contributed by atoms with E-state index in [0.29, 0.717) is 11.3 Å². The minimum absolute atomic E-state index is 0.178. The molecule has 15 heavy (non-hydrogen) atoms. The average molecular weight is 224 g/mol. The molecule has 0 spiro atoms. The minimum Gasteiger partial charge on any atom is -0.480 e. The van der Waals surface area contributed by atoms with Crippen molar-refractivity contribution in [3.8, 4) is 0 Å². The third-order valence-electron chi connectivity index (χ3n) is 1.71. The van der Waals surface area contributed by atoms with E-state index in [4.69, 9.17) is 5.11 Å². The zero-order chi connectivity index (χ0) is 10.8. The monoisotopic (exact) mass is 224 g/mol. The lowest BCUT2D eigenvalue weighted by Gasteiger charge is -2.01. The lowest BCUT2D eigenvalue weighted by Crippen LogP contribution is -2.13. The van der Waals surface area contributed by atoms with Gasteiger partial charge in [0.25, 0.3) is 0 Å². The molecular formula is C8H8N4O2S. The third-order valence-corrected chi connectivity index (χ3v) is 2.59. The van der Waals surface area contributed by atoms with E-state index in [-0.39, 0.29) is 6.54 Å². The van der Waals surface area contributed by atoms with Crippen LogP contribution in [0.15, 0.2) is 6.33 Å². The molecule has 0 fully saturated rings. The second-order valence-electron chi connectivity index (χ2n) is 2.86. The maximum absolute atomic E-state index is 10.4. The summed E-state index contributed by atoms with van der Waals surface area (Å²) in [5.74, 6) is -0.472. The van der Waals surface area contributed by atoms with Gasteiger partial charge in [-0.2, -0.15) is 0 Å². The Kier molecular flexibility index (Phi) is 2.46. The number of aryl methyl sites for hydroxylation is 1. The van der Waals surface area contributed by atoms with Crippen molar-refractivity contribution < 1.29 is 9.90 Å². The van der Waals surface area contributed by atoms with E-state index in [1.165, 1.54) is 17.7 Å². The molecule has 2 N–H and O–H groups in total. The van der Waals surface area contributed by atoms with E-state index in [0.717, 1.165) is 9.84 Å². The molecule has 2 rings (SSSR count). The Hall–Kier alpha value is -1.76. The van der Waals surface area contributed by atoms with E-state index in [1.807, 2.05) is 6.92 Å². The summed E-state index contributed by atoms with van der Waals surface area (Å²) in [6.45, 7) is 1.69. The number of nitrogens with zero attached hydrogens (tertiary/aromatic N) is 3. The molecule has 0 unspecified atom stereocenters. The van der Waals surface area contributed by atoms with Gasteiger partial charge in [0.05, 0.1) is 5.01 Å². The van der Waals surface area contributed by atoms with Crippen LogP contribution >= 0.6 is 11.3 Å². The normalized spacial score (nSPS) is 10.5. The van der Waals surface area contributed by atoms with Crippen molar-refractivity contribution in [2.75, 3.05) is 11.9 Å². The molecule has 0 saturated carbocycles. The number of anilines is 1. The number of thiazole rings is 1. The standard InChI is InChI=1S/C8H8N4O2S/c1-4-12-6-7(9-2-5(13)14)10-3-11-8(6)15-4/h3H,2H2,1H3,(H,13,14)(H,9,10,11). The summed E-state index contributed by atoms with van der Waals surface area (Å²) in [5.41, 5.74) is 0.626. The van der Waals surface area contributed by atoms with Crippen molar-refractivity contribution in [1.29, 1.82) is 0 Å². The van der Waals surface area contributed by atoms with Crippen molar-refractivity contribution in [2.24, 2.45) is 0 Å². The number of carboxylic acid groups (broad SMARTS) is 1. The summed E-state index contributed by atoms with van der Waals surface area (Å²) >= 11 is 1.45. The highest BCUT2D eigenvalue weighted by Crippen LogP contribution is 2.23. The summed E-state index contributed by atoms with van der Waals surface area (Å²) in [6, 6.07) is 0. The number of carbonyl (C=O) groups is 1. The first-order valence-electron chi connectivity index (χ1n) is 4.20. The van der Waals surface area contributed by atoms with Gasteiger partial charge in [-0.3, -0.25) is 4.79 Å². The van der Waals surface area contributed by atoms with Crippen molar-refractivity contribution >= 4 is 33.5 Å². The van der Waals surface area contributed by atoms with Gasteiger partial charge >= 0.3 is 5.97 Å². The van der Waals surface area contributed by atoms with Crippen LogP contribution in [0.3, 0.4) is 0 Å². The number of carboxylic acids is 1. The summed E-state index contributed by atoms with van der Waals surface area (Å²) in [4.78, 5) is 23.4. The fraction of sp³-hybridized carbons (Fsp3) is 0.250. The predicted molar refractivity (Wildman–Crippen MR) is 56.1 cm³/mol. The van der Waals surface area contributed by atoms with Crippen LogP contribution in [0.25, 0.3) is 10.3 Å². The molecule has 0 aromatic carbocycles. The maximum atomic E-state index is 10.4. The van der Waals surface area contributed by atoms with Crippen molar-refractivity contribution in [1.82, 2.24) is 15.0 Å². The van der Waals surface area contributed by atoms with Crippen LogP contribution in [0.5, 0.6) is 0 Å². The van der Waals surface area contributed by atoms with E-state index < -0.39 is 5.97 Å². The molecule has 7 heteroatoms. The Morgan fingerprint density at radius 2 is 2.40 bits per heavy atom. The number of aromatic nitrogens is 3. The van der Waals surface area contributed by atoms with Gasteiger partial charge in [0.15, 0.2) is 5.82 Å². The van der Waals surface area contributed by atoms with Crippen LogP contribution in [0.1, 0.15) is 5.01 Å². The number of rotatable bonds is 3. The Bertz CT molecular complexity index is 510. The zero-order valence-corrected chi connectivity index (χ0v) is 8.71. The zero-order valence-electron chi connectivity index (χ0n) is 7.89. The van der Waals surface area contributed by atoms with Crippen LogP contribution in [0, 0.1) is 6.92 Å². The van der Waals surface area contributed by atoms with Crippen molar-refractivity contribution in [2.45, 2.75) is 6.92 Å².